The van der Waals surface area contributed by atoms with Gasteiger partial charge in [-0.25, -0.2) is 17.6 Å². The van der Waals surface area contributed by atoms with E-state index in [0.29, 0.717) is 17.0 Å². The van der Waals surface area contributed by atoms with Gasteiger partial charge in [-0.15, -0.1) is 11.8 Å². The smallest absolute Gasteiger partial charge is 0.251 e. The molecule has 35 heavy (non-hydrogen) atoms. The SMILES string of the molecule is NCCC1Sc2ccc(C(=O)NCc3ccc(F)cc3F)cc2N(Cc2cc(F)cc(F)c2)C1=O. The summed E-state index contributed by atoms with van der Waals surface area (Å²) in [5.41, 5.74) is 6.64. The fourth-order valence-electron chi connectivity index (χ4n) is 3.79. The third-order valence-electron chi connectivity index (χ3n) is 5.47. The Kier molecular flexibility index (Phi) is 7.42. The van der Waals surface area contributed by atoms with Crippen molar-refractivity contribution in [2.45, 2.75) is 29.7 Å². The van der Waals surface area contributed by atoms with E-state index >= 15 is 0 Å². The first-order chi connectivity index (χ1) is 16.7. The molecule has 1 aliphatic rings. The summed E-state index contributed by atoms with van der Waals surface area (Å²) in [6.07, 6.45) is 0.405. The van der Waals surface area contributed by atoms with Crippen LogP contribution in [0.15, 0.2) is 59.5 Å². The number of fused-ring (bicyclic) bond motifs is 1. The molecular formula is C25H21F4N3O2S. The van der Waals surface area contributed by atoms with Gasteiger partial charge in [0.2, 0.25) is 5.91 Å². The van der Waals surface area contributed by atoms with E-state index in [0.717, 1.165) is 30.3 Å². The zero-order chi connectivity index (χ0) is 25.1. The van der Waals surface area contributed by atoms with Gasteiger partial charge in [0.05, 0.1) is 17.5 Å². The first kappa shape index (κ1) is 24.7. The van der Waals surface area contributed by atoms with Crippen molar-refractivity contribution in [2.75, 3.05) is 11.4 Å². The minimum absolute atomic E-state index is 0.103. The van der Waals surface area contributed by atoms with Crippen LogP contribution in [0.4, 0.5) is 23.2 Å². The summed E-state index contributed by atoms with van der Waals surface area (Å²) in [6, 6.07) is 10.8. The molecule has 0 aromatic heterocycles. The summed E-state index contributed by atoms with van der Waals surface area (Å²) in [5.74, 6) is -3.85. The summed E-state index contributed by atoms with van der Waals surface area (Å²) in [7, 11) is 0. The Morgan fingerprint density at radius 1 is 0.971 bits per heavy atom. The molecular weight excluding hydrogens is 482 g/mol. The van der Waals surface area contributed by atoms with E-state index in [1.807, 2.05) is 0 Å². The lowest BCUT2D eigenvalue weighted by atomic mass is 10.1. The number of nitrogens with one attached hydrogen (secondary N) is 1. The fourth-order valence-corrected chi connectivity index (χ4v) is 5.01. The molecule has 5 nitrogen and oxygen atoms in total. The standard InChI is InChI=1S/C25H21F4N3O2S/c26-17-3-1-16(20(29)11-17)12-31-24(33)15-2-4-22-21(9-15)32(25(34)23(35-22)5-6-30)13-14-7-18(27)10-19(28)8-14/h1-4,7-11,23H,5-6,12-13,30H2,(H,31,33). The summed E-state index contributed by atoms with van der Waals surface area (Å²) >= 11 is 1.31. The summed E-state index contributed by atoms with van der Waals surface area (Å²) in [4.78, 5) is 28.0. The molecule has 182 valence electrons. The average molecular weight is 504 g/mol. The lowest BCUT2D eigenvalue weighted by molar-refractivity contribution is -0.118. The highest BCUT2D eigenvalue weighted by Gasteiger charge is 2.33. The Morgan fingerprint density at radius 2 is 1.71 bits per heavy atom. The number of anilines is 1. The predicted molar refractivity (Wildman–Crippen MR) is 125 cm³/mol. The van der Waals surface area contributed by atoms with E-state index in [1.54, 1.807) is 12.1 Å². The van der Waals surface area contributed by atoms with Crippen LogP contribution in [0.3, 0.4) is 0 Å². The summed E-state index contributed by atoms with van der Waals surface area (Å²) < 4.78 is 54.5. The molecule has 2 amide bonds. The third-order valence-corrected chi connectivity index (χ3v) is 6.79. The number of amides is 2. The Hall–Kier alpha value is -3.37. The number of hydrogen-bond acceptors (Lipinski definition) is 4. The molecule has 1 atom stereocenters. The van der Waals surface area contributed by atoms with Crippen LogP contribution in [0.2, 0.25) is 0 Å². The number of thioether (sulfide) groups is 1. The Labute approximate surface area is 203 Å². The molecule has 0 saturated carbocycles. The highest BCUT2D eigenvalue weighted by atomic mass is 32.2. The summed E-state index contributed by atoms with van der Waals surface area (Å²) in [5, 5.41) is 2.10. The van der Waals surface area contributed by atoms with Crippen LogP contribution in [0, 0.1) is 23.3 Å². The van der Waals surface area contributed by atoms with Gasteiger partial charge in [0.1, 0.15) is 23.3 Å². The molecule has 0 fully saturated rings. The van der Waals surface area contributed by atoms with Crippen LogP contribution in [0.25, 0.3) is 0 Å². The van der Waals surface area contributed by atoms with E-state index < -0.39 is 34.4 Å². The molecule has 3 aromatic carbocycles. The largest absolute Gasteiger partial charge is 0.348 e. The Bertz CT molecular complexity index is 1270. The van der Waals surface area contributed by atoms with Crippen LogP contribution in [0.1, 0.15) is 27.9 Å². The van der Waals surface area contributed by atoms with E-state index in [9.17, 15) is 27.2 Å². The molecule has 0 spiro atoms. The van der Waals surface area contributed by atoms with Crippen molar-refractivity contribution in [3.63, 3.8) is 0 Å². The molecule has 0 bridgehead atoms. The molecule has 0 aliphatic carbocycles. The number of rotatable bonds is 7. The lowest BCUT2D eigenvalue weighted by Crippen LogP contribution is -2.41. The van der Waals surface area contributed by atoms with Gasteiger partial charge >= 0.3 is 0 Å². The molecule has 3 N–H and O–H groups in total. The minimum Gasteiger partial charge on any atom is -0.348 e. The van der Waals surface area contributed by atoms with Crippen molar-refractivity contribution in [1.82, 2.24) is 5.32 Å². The second-order valence-electron chi connectivity index (χ2n) is 7.99. The van der Waals surface area contributed by atoms with E-state index in [2.05, 4.69) is 5.32 Å². The topological polar surface area (TPSA) is 75.4 Å². The van der Waals surface area contributed by atoms with Crippen LogP contribution < -0.4 is 16.0 Å². The fraction of sp³-hybridized carbons (Fsp3) is 0.200. The van der Waals surface area contributed by atoms with Crippen LogP contribution >= 0.6 is 11.8 Å². The maximum Gasteiger partial charge on any atom is 0.251 e. The van der Waals surface area contributed by atoms with Gasteiger partial charge in [0.25, 0.3) is 5.91 Å². The first-order valence-electron chi connectivity index (χ1n) is 10.7. The number of benzene rings is 3. The Balaban J connectivity index is 1.61. The molecule has 0 radical (unpaired) electrons. The second kappa shape index (κ2) is 10.5. The maximum absolute atomic E-state index is 13.9. The highest BCUT2D eigenvalue weighted by Crippen LogP contribution is 2.41. The number of carbonyl (C=O) groups is 2. The summed E-state index contributed by atoms with van der Waals surface area (Å²) in [6.45, 7) is 0.0101. The Morgan fingerprint density at radius 3 is 2.40 bits per heavy atom. The lowest BCUT2D eigenvalue weighted by Gasteiger charge is -2.34. The number of hydrogen-bond donors (Lipinski definition) is 2. The van der Waals surface area contributed by atoms with Crippen molar-refractivity contribution >= 4 is 29.3 Å². The molecule has 1 heterocycles. The van der Waals surface area contributed by atoms with E-state index in [-0.39, 0.29) is 42.2 Å². The van der Waals surface area contributed by atoms with Gasteiger partial charge < -0.3 is 16.0 Å². The molecule has 3 aromatic rings. The number of nitrogens with zero attached hydrogens (tertiary/aromatic N) is 1. The van der Waals surface area contributed by atoms with Gasteiger partial charge in [-0.2, -0.15) is 0 Å². The minimum atomic E-state index is -0.780. The van der Waals surface area contributed by atoms with Crippen molar-refractivity contribution in [1.29, 1.82) is 0 Å². The highest BCUT2D eigenvalue weighted by molar-refractivity contribution is 8.01. The van der Waals surface area contributed by atoms with E-state index in [4.69, 9.17) is 5.73 Å². The van der Waals surface area contributed by atoms with Crippen molar-refractivity contribution in [3.8, 4) is 0 Å². The van der Waals surface area contributed by atoms with Gasteiger partial charge in [-0.1, -0.05) is 6.07 Å². The van der Waals surface area contributed by atoms with Crippen molar-refractivity contribution < 1.29 is 27.2 Å². The first-order valence-corrected chi connectivity index (χ1v) is 11.6. The van der Waals surface area contributed by atoms with Gasteiger partial charge in [-0.3, -0.25) is 9.59 Å². The van der Waals surface area contributed by atoms with Gasteiger partial charge in [0, 0.05) is 34.7 Å². The zero-order valence-corrected chi connectivity index (χ0v) is 19.2. The number of nitrogens with two attached hydrogens (primary N) is 1. The van der Waals surface area contributed by atoms with Gasteiger partial charge in [0.15, 0.2) is 0 Å². The van der Waals surface area contributed by atoms with Crippen LogP contribution in [-0.4, -0.2) is 23.6 Å². The van der Waals surface area contributed by atoms with Gasteiger partial charge in [-0.05, 0) is 54.9 Å². The third kappa shape index (κ3) is 5.66. The molecule has 10 heteroatoms. The quantitative estimate of drug-likeness (QED) is 0.465. The molecule has 0 saturated heterocycles. The monoisotopic (exact) mass is 503 g/mol. The molecule has 1 unspecified atom stereocenters. The average Bonchev–Trinajstić information content (AvgIpc) is 2.80. The number of halogens is 4. The number of carbonyl (C=O) groups excluding carboxylic acids is 2. The van der Waals surface area contributed by atoms with E-state index in [1.165, 1.54) is 28.8 Å². The van der Waals surface area contributed by atoms with Crippen LogP contribution in [0.5, 0.6) is 0 Å². The zero-order valence-electron chi connectivity index (χ0n) is 18.4. The van der Waals surface area contributed by atoms with Crippen molar-refractivity contribution in [3.05, 3.63) is 94.6 Å². The molecule has 1 aliphatic heterocycles. The van der Waals surface area contributed by atoms with Crippen LogP contribution in [-0.2, 0) is 17.9 Å². The van der Waals surface area contributed by atoms with Crippen molar-refractivity contribution in [2.24, 2.45) is 5.73 Å². The molecule has 4 rings (SSSR count). The maximum atomic E-state index is 13.9. The predicted octanol–water partition coefficient (Wildman–Crippen LogP) is 4.53. The normalized spacial score (nSPS) is 15.2. The second-order valence-corrected chi connectivity index (χ2v) is 9.23.